The molecule has 0 aliphatic carbocycles. The number of esters is 1. The van der Waals surface area contributed by atoms with Gasteiger partial charge in [-0.2, -0.15) is 0 Å². The SMILES string of the molecule is CCOP(C)(=O)C[C@H]1CCC(=O)N2CCC[C@@H](C(=O)OC)N2C1=O. The highest BCUT2D eigenvalue weighted by atomic mass is 31.2. The minimum atomic E-state index is -2.93. The number of carbonyl (C=O) groups excluding carboxylic acids is 3. The molecular weight excluding hydrogens is 335 g/mol. The van der Waals surface area contributed by atoms with Crippen LogP contribution in [0.5, 0.6) is 0 Å². The molecule has 9 heteroatoms. The molecule has 2 fully saturated rings. The Hall–Kier alpha value is -1.40. The molecule has 3 atom stereocenters. The molecule has 8 nitrogen and oxygen atoms in total. The van der Waals surface area contributed by atoms with E-state index in [9.17, 15) is 18.9 Å². The van der Waals surface area contributed by atoms with E-state index in [2.05, 4.69) is 0 Å². The van der Waals surface area contributed by atoms with Crippen molar-refractivity contribution in [3.05, 3.63) is 0 Å². The van der Waals surface area contributed by atoms with Crippen molar-refractivity contribution >= 4 is 25.2 Å². The van der Waals surface area contributed by atoms with E-state index in [1.54, 1.807) is 6.92 Å². The zero-order valence-corrected chi connectivity index (χ0v) is 15.3. The Morgan fingerprint density at radius 3 is 2.67 bits per heavy atom. The van der Waals surface area contributed by atoms with E-state index in [4.69, 9.17) is 9.26 Å². The number of nitrogens with zero attached hydrogens (tertiary/aromatic N) is 2. The van der Waals surface area contributed by atoms with Crippen LogP contribution >= 0.6 is 7.37 Å². The number of ether oxygens (including phenoxy) is 1. The lowest BCUT2D eigenvalue weighted by Gasteiger charge is -2.42. The normalized spacial score (nSPS) is 27.3. The van der Waals surface area contributed by atoms with Crippen LogP contribution in [0, 0.1) is 5.92 Å². The highest BCUT2D eigenvalue weighted by Crippen LogP contribution is 2.46. The minimum Gasteiger partial charge on any atom is -0.467 e. The maximum atomic E-state index is 13.0. The molecule has 0 saturated carbocycles. The predicted molar refractivity (Wildman–Crippen MR) is 86.3 cm³/mol. The van der Waals surface area contributed by atoms with Crippen LogP contribution in [0.4, 0.5) is 0 Å². The highest BCUT2D eigenvalue weighted by Gasteiger charge is 2.45. The van der Waals surface area contributed by atoms with Crippen LogP contribution < -0.4 is 0 Å². The maximum Gasteiger partial charge on any atom is 0.330 e. The first kappa shape index (κ1) is 18.9. The molecule has 2 heterocycles. The lowest BCUT2D eigenvalue weighted by molar-refractivity contribution is -0.182. The number of carbonyl (C=O) groups is 3. The number of fused-ring (bicyclic) bond motifs is 1. The van der Waals surface area contributed by atoms with Crippen LogP contribution in [0.15, 0.2) is 0 Å². The van der Waals surface area contributed by atoms with Crippen LogP contribution in [0.1, 0.15) is 32.6 Å². The van der Waals surface area contributed by atoms with Crippen LogP contribution in [0.25, 0.3) is 0 Å². The van der Waals surface area contributed by atoms with Crippen molar-refractivity contribution < 1.29 is 28.2 Å². The van der Waals surface area contributed by atoms with E-state index in [0.29, 0.717) is 32.4 Å². The Bertz CT molecular complexity index is 566. The van der Waals surface area contributed by atoms with Gasteiger partial charge < -0.3 is 9.26 Å². The average molecular weight is 360 g/mol. The molecule has 2 aliphatic heterocycles. The van der Waals surface area contributed by atoms with Gasteiger partial charge in [0.2, 0.25) is 19.2 Å². The van der Waals surface area contributed by atoms with Gasteiger partial charge in [-0.3, -0.25) is 19.2 Å². The quantitative estimate of drug-likeness (QED) is 0.541. The molecule has 0 N–H and O–H groups in total. The Kier molecular flexibility index (Phi) is 6.04. The summed E-state index contributed by atoms with van der Waals surface area (Å²) >= 11 is 0. The van der Waals surface area contributed by atoms with Gasteiger partial charge in [0.25, 0.3) is 0 Å². The second-order valence-corrected chi connectivity index (χ2v) is 8.88. The second-order valence-electron chi connectivity index (χ2n) is 6.23. The fourth-order valence-corrected chi connectivity index (χ4v) is 5.13. The van der Waals surface area contributed by atoms with Crippen molar-refractivity contribution in [3.8, 4) is 0 Å². The number of methoxy groups -OCH3 is 1. The molecule has 136 valence electrons. The monoisotopic (exact) mass is 360 g/mol. The van der Waals surface area contributed by atoms with Crippen molar-refractivity contribution in [1.82, 2.24) is 10.0 Å². The first-order chi connectivity index (χ1) is 11.3. The standard InChI is InChI=1S/C15H25N2O6P/c1-4-23-24(3,21)10-11-7-8-13(18)16-9-5-6-12(15(20)22-2)17(16)14(11)19/h11-12H,4-10H2,1-3H3/t11-,12+,24?/m1/s1. The largest absolute Gasteiger partial charge is 0.467 e. The molecule has 2 saturated heterocycles. The van der Waals surface area contributed by atoms with E-state index in [1.807, 2.05) is 0 Å². The van der Waals surface area contributed by atoms with Gasteiger partial charge in [-0.15, -0.1) is 0 Å². The molecule has 0 bridgehead atoms. The van der Waals surface area contributed by atoms with Gasteiger partial charge in [0.1, 0.15) is 0 Å². The summed E-state index contributed by atoms with van der Waals surface area (Å²) in [6.45, 7) is 3.95. The fourth-order valence-electron chi connectivity index (χ4n) is 3.34. The van der Waals surface area contributed by atoms with Gasteiger partial charge in [0.05, 0.1) is 13.7 Å². The van der Waals surface area contributed by atoms with Crippen LogP contribution in [-0.4, -0.2) is 66.9 Å². The van der Waals surface area contributed by atoms with Crippen molar-refractivity contribution in [2.75, 3.05) is 33.1 Å². The number of amides is 2. The zero-order chi connectivity index (χ0) is 17.9. The number of hydrogen-bond acceptors (Lipinski definition) is 6. The number of hydrogen-bond donors (Lipinski definition) is 0. The smallest absolute Gasteiger partial charge is 0.330 e. The van der Waals surface area contributed by atoms with Crippen molar-refractivity contribution in [1.29, 1.82) is 0 Å². The lowest BCUT2D eigenvalue weighted by Crippen LogP contribution is -2.60. The summed E-state index contributed by atoms with van der Waals surface area (Å²) in [5, 5.41) is 2.59. The Morgan fingerprint density at radius 1 is 1.33 bits per heavy atom. The molecule has 0 radical (unpaired) electrons. The molecule has 2 aliphatic rings. The van der Waals surface area contributed by atoms with Crippen LogP contribution in [0.2, 0.25) is 0 Å². The maximum absolute atomic E-state index is 13.0. The van der Waals surface area contributed by atoms with Gasteiger partial charge in [-0.05, 0) is 26.2 Å². The molecule has 0 spiro atoms. The summed E-state index contributed by atoms with van der Waals surface area (Å²) in [7, 11) is -1.67. The van der Waals surface area contributed by atoms with E-state index >= 15 is 0 Å². The van der Waals surface area contributed by atoms with Gasteiger partial charge in [-0.25, -0.2) is 9.80 Å². The summed E-state index contributed by atoms with van der Waals surface area (Å²) in [4.78, 5) is 37.4. The second kappa shape index (κ2) is 7.66. The Labute approximate surface area is 141 Å². The Balaban J connectivity index is 2.28. The molecule has 0 aromatic heterocycles. The molecule has 0 aromatic rings. The summed E-state index contributed by atoms with van der Waals surface area (Å²) in [5.41, 5.74) is 0. The first-order valence-corrected chi connectivity index (χ1v) is 10.5. The van der Waals surface area contributed by atoms with Crippen molar-refractivity contribution in [2.24, 2.45) is 5.92 Å². The van der Waals surface area contributed by atoms with E-state index < -0.39 is 25.3 Å². The molecular formula is C15H25N2O6P. The fraction of sp³-hybridized carbons (Fsp3) is 0.800. The van der Waals surface area contributed by atoms with Gasteiger partial charge in [-0.1, -0.05) is 0 Å². The summed E-state index contributed by atoms with van der Waals surface area (Å²) in [5.74, 6) is -1.68. The third kappa shape index (κ3) is 3.98. The van der Waals surface area contributed by atoms with Gasteiger partial charge in [0, 0.05) is 31.7 Å². The summed E-state index contributed by atoms with van der Waals surface area (Å²) in [6, 6.07) is -0.802. The minimum absolute atomic E-state index is 0.0746. The molecule has 2 amide bonds. The zero-order valence-electron chi connectivity index (χ0n) is 14.4. The van der Waals surface area contributed by atoms with Crippen molar-refractivity contribution in [3.63, 3.8) is 0 Å². The predicted octanol–water partition coefficient (Wildman–Crippen LogP) is 1.25. The molecule has 24 heavy (non-hydrogen) atoms. The molecule has 1 unspecified atom stereocenters. The highest BCUT2D eigenvalue weighted by molar-refractivity contribution is 7.58. The number of hydrazine groups is 1. The van der Waals surface area contributed by atoms with E-state index in [-0.39, 0.29) is 24.4 Å². The van der Waals surface area contributed by atoms with Gasteiger partial charge in [0.15, 0.2) is 6.04 Å². The first-order valence-electron chi connectivity index (χ1n) is 8.23. The summed E-state index contributed by atoms with van der Waals surface area (Å²) in [6.07, 6.45) is 1.65. The lowest BCUT2D eigenvalue weighted by atomic mass is 10.0. The molecule has 0 aromatic carbocycles. The summed E-state index contributed by atoms with van der Waals surface area (Å²) < 4.78 is 22.5. The van der Waals surface area contributed by atoms with Crippen LogP contribution in [-0.2, 0) is 28.2 Å². The number of rotatable bonds is 5. The average Bonchev–Trinajstić information content (AvgIpc) is 2.66. The third-order valence-corrected chi connectivity index (χ3v) is 6.31. The topological polar surface area (TPSA) is 93.2 Å². The van der Waals surface area contributed by atoms with E-state index in [1.165, 1.54) is 23.8 Å². The van der Waals surface area contributed by atoms with Crippen molar-refractivity contribution in [2.45, 2.75) is 38.6 Å². The molecule has 2 rings (SSSR count). The van der Waals surface area contributed by atoms with E-state index in [0.717, 1.165) is 0 Å². The van der Waals surface area contributed by atoms with Crippen LogP contribution in [0.3, 0.4) is 0 Å². The Morgan fingerprint density at radius 2 is 2.04 bits per heavy atom. The third-order valence-electron chi connectivity index (χ3n) is 4.40. The van der Waals surface area contributed by atoms with Gasteiger partial charge >= 0.3 is 5.97 Å².